The number of nitrogens with one attached hydrogen (secondary N) is 1. The van der Waals surface area contributed by atoms with Crippen molar-refractivity contribution in [2.45, 2.75) is 13.0 Å². The third kappa shape index (κ3) is 5.16. The lowest BCUT2D eigenvalue weighted by molar-refractivity contribution is -0.384. The molecule has 0 heterocycles. The second-order valence-corrected chi connectivity index (χ2v) is 6.60. The number of nitriles is 1. The number of methoxy groups -OCH3 is 1. The summed E-state index contributed by atoms with van der Waals surface area (Å²) < 4.78 is 10.8. The number of nitro benzene ring substituents is 1. The molecule has 3 rings (SSSR count). The van der Waals surface area contributed by atoms with Crippen LogP contribution in [0.2, 0.25) is 0 Å². The first kappa shape index (κ1) is 21.3. The van der Waals surface area contributed by atoms with Gasteiger partial charge in [0.15, 0.2) is 6.10 Å². The van der Waals surface area contributed by atoms with Crippen LogP contribution in [0.1, 0.15) is 12.5 Å². The average Bonchev–Trinajstić information content (AvgIpc) is 2.79. The van der Waals surface area contributed by atoms with Crippen molar-refractivity contribution in [3.05, 3.63) is 82.4 Å². The average molecular weight is 417 g/mol. The van der Waals surface area contributed by atoms with Crippen LogP contribution in [0.4, 0.5) is 11.4 Å². The number of amides is 1. The van der Waals surface area contributed by atoms with Crippen LogP contribution in [0.15, 0.2) is 66.7 Å². The molecule has 0 aliphatic carbocycles. The molecule has 1 N–H and O–H groups in total. The highest BCUT2D eigenvalue weighted by molar-refractivity contribution is 5.95. The zero-order chi connectivity index (χ0) is 22.4. The largest absolute Gasteiger partial charge is 0.495 e. The Balaban J connectivity index is 1.68. The maximum Gasteiger partial charge on any atom is 0.271 e. The molecule has 0 bridgehead atoms. The van der Waals surface area contributed by atoms with Gasteiger partial charge in [-0.1, -0.05) is 24.3 Å². The number of non-ortho nitro benzene ring substituents is 1. The Bertz CT molecular complexity index is 1140. The van der Waals surface area contributed by atoms with Gasteiger partial charge in [-0.2, -0.15) is 5.26 Å². The fourth-order valence-electron chi connectivity index (χ4n) is 2.86. The van der Waals surface area contributed by atoms with Gasteiger partial charge in [-0.25, -0.2) is 0 Å². The molecule has 0 aromatic heterocycles. The van der Waals surface area contributed by atoms with Crippen molar-refractivity contribution in [3.63, 3.8) is 0 Å². The smallest absolute Gasteiger partial charge is 0.271 e. The van der Waals surface area contributed by atoms with E-state index in [0.29, 0.717) is 17.1 Å². The summed E-state index contributed by atoms with van der Waals surface area (Å²) in [6, 6.07) is 20.4. The molecule has 0 fully saturated rings. The summed E-state index contributed by atoms with van der Waals surface area (Å²) in [5.74, 6) is 0.318. The number of nitrogens with zero attached hydrogens (tertiary/aromatic N) is 2. The number of carbonyl (C=O) groups excluding carboxylic acids is 1. The molecule has 0 spiro atoms. The van der Waals surface area contributed by atoms with Crippen LogP contribution < -0.4 is 14.8 Å². The lowest BCUT2D eigenvalue weighted by atomic mass is 10.0. The summed E-state index contributed by atoms with van der Waals surface area (Å²) in [7, 11) is 1.41. The monoisotopic (exact) mass is 417 g/mol. The molecule has 3 aromatic carbocycles. The Morgan fingerprint density at radius 2 is 1.68 bits per heavy atom. The lowest BCUT2D eigenvalue weighted by Gasteiger charge is -2.16. The second kappa shape index (κ2) is 9.41. The van der Waals surface area contributed by atoms with Gasteiger partial charge < -0.3 is 14.8 Å². The first-order valence-electron chi connectivity index (χ1n) is 9.32. The number of nitro groups is 1. The minimum atomic E-state index is -0.857. The summed E-state index contributed by atoms with van der Waals surface area (Å²) in [4.78, 5) is 23.0. The van der Waals surface area contributed by atoms with Gasteiger partial charge in [-0.15, -0.1) is 0 Å². The SMILES string of the molecule is COc1ccc([N+](=O)[O-])cc1NC(=O)[C@H](C)Oc1ccc(-c2ccc(C#N)cc2)cc1. The molecule has 1 amide bonds. The maximum atomic E-state index is 12.5. The van der Waals surface area contributed by atoms with Crippen molar-refractivity contribution in [1.82, 2.24) is 0 Å². The molecule has 0 aliphatic rings. The van der Waals surface area contributed by atoms with Crippen molar-refractivity contribution in [2.24, 2.45) is 0 Å². The predicted molar refractivity (Wildman–Crippen MR) is 115 cm³/mol. The standard InChI is InChI=1S/C23H19N3O5/c1-15(23(27)25-21-13-19(26(28)29)9-12-22(21)30-2)31-20-10-7-18(8-11-20)17-5-3-16(14-24)4-6-17/h3-13,15H,1-2H3,(H,25,27)/t15-/m0/s1. The Morgan fingerprint density at radius 1 is 1.06 bits per heavy atom. The molecular weight excluding hydrogens is 398 g/mol. The van der Waals surface area contributed by atoms with E-state index < -0.39 is 16.9 Å². The Morgan fingerprint density at radius 3 is 2.23 bits per heavy atom. The van der Waals surface area contributed by atoms with Gasteiger partial charge in [-0.3, -0.25) is 14.9 Å². The number of hydrogen-bond acceptors (Lipinski definition) is 6. The van der Waals surface area contributed by atoms with Crippen molar-refractivity contribution in [1.29, 1.82) is 5.26 Å². The van der Waals surface area contributed by atoms with E-state index in [0.717, 1.165) is 11.1 Å². The Kier molecular flexibility index (Phi) is 6.48. The minimum absolute atomic E-state index is 0.164. The Labute approximate surface area is 178 Å². The van der Waals surface area contributed by atoms with E-state index in [2.05, 4.69) is 11.4 Å². The van der Waals surface area contributed by atoms with Crippen molar-refractivity contribution < 1.29 is 19.2 Å². The van der Waals surface area contributed by atoms with E-state index in [1.54, 1.807) is 31.2 Å². The zero-order valence-electron chi connectivity index (χ0n) is 16.9. The quantitative estimate of drug-likeness (QED) is 0.446. The summed E-state index contributed by atoms with van der Waals surface area (Å²) in [5.41, 5.74) is 2.50. The summed E-state index contributed by atoms with van der Waals surface area (Å²) in [6.45, 7) is 1.58. The van der Waals surface area contributed by atoms with E-state index in [9.17, 15) is 14.9 Å². The van der Waals surface area contributed by atoms with Crippen LogP contribution >= 0.6 is 0 Å². The number of anilines is 1. The van der Waals surface area contributed by atoms with Gasteiger partial charge in [0, 0.05) is 12.1 Å². The number of carbonyl (C=O) groups is 1. The zero-order valence-corrected chi connectivity index (χ0v) is 16.9. The molecule has 0 aliphatic heterocycles. The third-order valence-electron chi connectivity index (χ3n) is 4.54. The lowest BCUT2D eigenvalue weighted by Crippen LogP contribution is -2.30. The molecule has 0 saturated heterocycles. The van der Waals surface area contributed by atoms with Crippen LogP contribution in [0.3, 0.4) is 0 Å². The third-order valence-corrected chi connectivity index (χ3v) is 4.54. The van der Waals surface area contributed by atoms with Crippen LogP contribution in [0.5, 0.6) is 11.5 Å². The van der Waals surface area contributed by atoms with Gasteiger partial charge >= 0.3 is 0 Å². The molecular formula is C23H19N3O5. The topological polar surface area (TPSA) is 114 Å². The molecule has 0 unspecified atom stereocenters. The first-order chi connectivity index (χ1) is 14.9. The number of benzene rings is 3. The Hall–Kier alpha value is -4.38. The number of hydrogen-bond donors (Lipinski definition) is 1. The normalized spacial score (nSPS) is 11.1. The van der Waals surface area contributed by atoms with E-state index in [4.69, 9.17) is 14.7 Å². The van der Waals surface area contributed by atoms with Gasteiger partial charge in [0.05, 0.1) is 29.4 Å². The predicted octanol–water partition coefficient (Wildman–Crippen LogP) is 4.55. The summed E-state index contributed by atoms with van der Waals surface area (Å²) >= 11 is 0. The molecule has 0 saturated carbocycles. The fourth-order valence-corrected chi connectivity index (χ4v) is 2.86. The maximum absolute atomic E-state index is 12.5. The molecule has 8 nitrogen and oxygen atoms in total. The molecule has 0 radical (unpaired) electrons. The van der Waals surface area contributed by atoms with Crippen molar-refractivity contribution >= 4 is 17.3 Å². The second-order valence-electron chi connectivity index (χ2n) is 6.60. The van der Waals surface area contributed by atoms with Gasteiger partial charge in [-0.05, 0) is 48.4 Å². The summed E-state index contributed by atoms with van der Waals surface area (Å²) in [5, 5.41) is 22.5. The van der Waals surface area contributed by atoms with Gasteiger partial charge in [0.2, 0.25) is 0 Å². The highest BCUT2D eigenvalue weighted by Crippen LogP contribution is 2.29. The van der Waals surface area contributed by atoms with E-state index >= 15 is 0 Å². The van der Waals surface area contributed by atoms with Gasteiger partial charge in [0.1, 0.15) is 11.5 Å². The molecule has 3 aromatic rings. The van der Waals surface area contributed by atoms with Crippen LogP contribution in [-0.4, -0.2) is 24.0 Å². The highest BCUT2D eigenvalue weighted by atomic mass is 16.6. The number of rotatable bonds is 7. The van der Waals surface area contributed by atoms with Crippen molar-refractivity contribution in [2.75, 3.05) is 12.4 Å². The highest BCUT2D eigenvalue weighted by Gasteiger charge is 2.19. The summed E-state index contributed by atoms with van der Waals surface area (Å²) in [6.07, 6.45) is -0.857. The minimum Gasteiger partial charge on any atom is -0.495 e. The number of ether oxygens (including phenoxy) is 2. The van der Waals surface area contributed by atoms with Crippen molar-refractivity contribution in [3.8, 4) is 28.7 Å². The van der Waals surface area contributed by atoms with Crippen LogP contribution in [0, 0.1) is 21.4 Å². The van der Waals surface area contributed by atoms with E-state index in [-0.39, 0.29) is 11.4 Å². The fraction of sp³-hybridized carbons (Fsp3) is 0.130. The first-order valence-corrected chi connectivity index (χ1v) is 9.32. The molecule has 8 heteroatoms. The molecule has 31 heavy (non-hydrogen) atoms. The molecule has 156 valence electrons. The van der Waals surface area contributed by atoms with E-state index in [1.807, 2.05) is 24.3 Å². The van der Waals surface area contributed by atoms with E-state index in [1.165, 1.54) is 25.3 Å². The molecule has 1 atom stereocenters. The van der Waals surface area contributed by atoms with Crippen LogP contribution in [-0.2, 0) is 4.79 Å². The van der Waals surface area contributed by atoms with Crippen LogP contribution in [0.25, 0.3) is 11.1 Å². The van der Waals surface area contributed by atoms with Gasteiger partial charge in [0.25, 0.3) is 11.6 Å².